The summed E-state index contributed by atoms with van der Waals surface area (Å²) in [5.74, 6) is -0.341. The molecule has 0 aromatic carbocycles. The minimum absolute atomic E-state index is 0.341. The van der Waals surface area contributed by atoms with Crippen molar-refractivity contribution in [2.75, 3.05) is 7.11 Å². The van der Waals surface area contributed by atoms with Gasteiger partial charge >= 0.3 is 5.97 Å². The minimum Gasteiger partial charge on any atom is -0.465 e. The molecule has 0 aliphatic carbocycles. The molecule has 0 saturated carbocycles. The highest BCUT2D eigenvalue weighted by Crippen LogP contribution is 2.43. The maximum absolute atomic E-state index is 11.7. The summed E-state index contributed by atoms with van der Waals surface area (Å²) in [5, 5.41) is 1.01. The first-order valence-corrected chi connectivity index (χ1v) is 10.5. The van der Waals surface area contributed by atoms with E-state index in [1.54, 1.807) is 6.20 Å². The molecule has 0 unspecified atom stereocenters. The van der Waals surface area contributed by atoms with Crippen molar-refractivity contribution in [3.63, 3.8) is 0 Å². The molecule has 0 N–H and O–H groups in total. The van der Waals surface area contributed by atoms with E-state index in [0.29, 0.717) is 22.2 Å². The molecule has 0 spiro atoms. The van der Waals surface area contributed by atoms with Crippen LogP contribution in [0.2, 0.25) is 16.6 Å². The number of esters is 1. The van der Waals surface area contributed by atoms with Crippen LogP contribution in [0.5, 0.6) is 0 Å². The first-order valence-electron chi connectivity index (χ1n) is 8.32. The maximum Gasteiger partial charge on any atom is 0.339 e. The molecule has 0 aliphatic rings. The summed E-state index contributed by atoms with van der Waals surface area (Å²) in [4.78, 5) is 16.3. The van der Waals surface area contributed by atoms with E-state index in [1.807, 2.05) is 6.07 Å². The van der Waals surface area contributed by atoms with E-state index in [9.17, 15) is 4.79 Å². The average molecular weight is 333 g/mol. The molecule has 0 atom stereocenters. The van der Waals surface area contributed by atoms with E-state index in [1.165, 1.54) is 7.11 Å². The van der Waals surface area contributed by atoms with E-state index in [2.05, 4.69) is 63.0 Å². The lowest BCUT2D eigenvalue weighted by atomic mass is 10.2. The third kappa shape index (κ3) is 2.71. The molecule has 23 heavy (non-hydrogen) atoms. The monoisotopic (exact) mass is 332 g/mol. The van der Waals surface area contributed by atoms with Crippen LogP contribution in [0.4, 0.5) is 0 Å². The van der Waals surface area contributed by atoms with Crippen LogP contribution in [-0.2, 0) is 4.74 Å². The van der Waals surface area contributed by atoms with Crippen LogP contribution in [0.25, 0.3) is 11.0 Å². The molecule has 126 valence electrons. The Hall–Kier alpha value is -1.62. The highest BCUT2D eigenvalue weighted by molar-refractivity contribution is 6.82. The number of hydrogen-bond acceptors (Lipinski definition) is 3. The number of nitrogens with zero attached hydrogens (tertiary/aromatic N) is 2. The molecule has 0 amide bonds. The Morgan fingerprint density at radius 2 is 1.70 bits per heavy atom. The van der Waals surface area contributed by atoms with E-state index in [0.717, 1.165) is 11.0 Å². The van der Waals surface area contributed by atoms with Crippen LogP contribution in [0.1, 0.15) is 51.9 Å². The third-order valence-electron chi connectivity index (χ3n) is 5.14. The zero-order valence-corrected chi connectivity index (χ0v) is 16.3. The number of rotatable bonds is 5. The van der Waals surface area contributed by atoms with Crippen molar-refractivity contribution in [2.45, 2.75) is 58.2 Å². The Bertz CT molecular complexity index is 682. The third-order valence-corrected chi connectivity index (χ3v) is 11.9. The van der Waals surface area contributed by atoms with Gasteiger partial charge in [-0.3, -0.25) is 0 Å². The molecular weight excluding hydrogens is 304 g/mol. The summed E-state index contributed by atoms with van der Waals surface area (Å²) in [6.07, 6.45) is 3.80. The van der Waals surface area contributed by atoms with Crippen LogP contribution in [0.3, 0.4) is 0 Å². The van der Waals surface area contributed by atoms with E-state index in [4.69, 9.17) is 4.74 Å². The first kappa shape index (κ1) is 17.7. The zero-order valence-electron chi connectivity index (χ0n) is 15.3. The largest absolute Gasteiger partial charge is 0.465 e. The van der Waals surface area contributed by atoms with Gasteiger partial charge in [-0.05, 0) is 35.0 Å². The van der Waals surface area contributed by atoms with Crippen molar-refractivity contribution in [3.05, 3.63) is 30.1 Å². The van der Waals surface area contributed by atoms with Crippen molar-refractivity contribution in [1.29, 1.82) is 0 Å². The molecule has 2 aromatic rings. The Morgan fingerprint density at radius 1 is 1.13 bits per heavy atom. The Balaban J connectivity index is 2.69. The zero-order chi connectivity index (χ0) is 17.4. The van der Waals surface area contributed by atoms with Crippen LogP contribution in [0, 0.1) is 0 Å². The fraction of sp³-hybridized carbons (Fsp3) is 0.556. The number of methoxy groups -OCH3 is 1. The number of pyridine rings is 1. The fourth-order valence-electron chi connectivity index (χ4n) is 4.40. The van der Waals surface area contributed by atoms with Gasteiger partial charge < -0.3 is 8.97 Å². The van der Waals surface area contributed by atoms with Gasteiger partial charge in [0.2, 0.25) is 0 Å². The summed E-state index contributed by atoms with van der Waals surface area (Å²) in [7, 11) is -0.436. The Morgan fingerprint density at radius 3 is 2.17 bits per heavy atom. The number of carbonyl (C=O) groups excluding carboxylic acids is 1. The lowest BCUT2D eigenvalue weighted by Gasteiger charge is -2.44. The molecule has 0 bridgehead atoms. The van der Waals surface area contributed by atoms with Crippen molar-refractivity contribution in [2.24, 2.45) is 0 Å². The SMILES string of the molecule is COC(=O)c1cnc2c(ccn2[Si](C(C)C)(C(C)C)C(C)C)c1. The number of carbonyl (C=O) groups is 1. The molecule has 0 saturated heterocycles. The lowest BCUT2D eigenvalue weighted by molar-refractivity contribution is 0.0600. The minimum atomic E-state index is -1.83. The molecule has 2 heterocycles. The second-order valence-corrected chi connectivity index (χ2v) is 12.9. The number of ether oxygens (including phenoxy) is 1. The van der Waals surface area contributed by atoms with Crippen molar-refractivity contribution < 1.29 is 9.53 Å². The van der Waals surface area contributed by atoms with Crippen molar-refractivity contribution in [3.8, 4) is 0 Å². The highest BCUT2D eigenvalue weighted by Gasteiger charge is 2.45. The van der Waals surface area contributed by atoms with Gasteiger partial charge in [-0.1, -0.05) is 41.5 Å². The fourth-order valence-corrected chi connectivity index (χ4v) is 11.0. The number of aromatic nitrogens is 2. The van der Waals surface area contributed by atoms with Crippen molar-refractivity contribution >= 4 is 25.2 Å². The molecular formula is C18H28N2O2Si. The summed E-state index contributed by atoms with van der Waals surface area (Å²) in [6.45, 7) is 14.0. The predicted octanol–water partition coefficient (Wildman–Crippen LogP) is 4.85. The van der Waals surface area contributed by atoms with Gasteiger partial charge in [0.25, 0.3) is 0 Å². The predicted molar refractivity (Wildman–Crippen MR) is 97.5 cm³/mol. The molecule has 0 radical (unpaired) electrons. The van der Waals surface area contributed by atoms with E-state index >= 15 is 0 Å². The smallest absolute Gasteiger partial charge is 0.339 e. The second-order valence-electron chi connectivity index (χ2n) is 7.17. The van der Waals surface area contributed by atoms with Gasteiger partial charge in [-0.25, -0.2) is 9.78 Å². The molecule has 2 aromatic heterocycles. The van der Waals surface area contributed by atoms with Gasteiger partial charge in [-0.15, -0.1) is 0 Å². The maximum atomic E-state index is 11.7. The van der Waals surface area contributed by atoms with Gasteiger partial charge in [0, 0.05) is 11.6 Å². The molecule has 0 aliphatic heterocycles. The van der Waals surface area contributed by atoms with Crippen LogP contribution >= 0.6 is 0 Å². The van der Waals surface area contributed by atoms with Crippen molar-refractivity contribution in [1.82, 2.24) is 9.22 Å². The van der Waals surface area contributed by atoms with Gasteiger partial charge in [0.05, 0.1) is 12.7 Å². The number of fused-ring (bicyclic) bond motifs is 1. The van der Waals surface area contributed by atoms with Gasteiger partial charge in [0.1, 0.15) is 5.65 Å². The van der Waals surface area contributed by atoms with Crippen LogP contribution in [0.15, 0.2) is 24.5 Å². The van der Waals surface area contributed by atoms with Gasteiger partial charge in [0.15, 0.2) is 8.24 Å². The topological polar surface area (TPSA) is 44.1 Å². The Kier molecular flexibility index (Phi) is 4.99. The average Bonchev–Trinajstić information content (AvgIpc) is 2.89. The molecule has 2 rings (SSSR count). The van der Waals surface area contributed by atoms with Crippen LogP contribution in [-0.4, -0.2) is 30.5 Å². The highest BCUT2D eigenvalue weighted by atomic mass is 28.3. The quantitative estimate of drug-likeness (QED) is 0.581. The van der Waals surface area contributed by atoms with E-state index < -0.39 is 8.24 Å². The number of hydrogen-bond donors (Lipinski definition) is 0. The van der Waals surface area contributed by atoms with Gasteiger partial charge in [-0.2, -0.15) is 0 Å². The summed E-state index contributed by atoms with van der Waals surface area (Å²) < 4.78 is 7.24. The second kappa shape index (κ2) is 6.47. The molecule has 0 fully saturated rings. The normalized spacial score (nSPS) is 12.6. The molecule has 5 heteroatoms. The molecule has 4 nitrogen and oxygen atoms in total. The summed E-state index contributed by atoms with van der Waals surface area (Å²) in [6, 6.07) is 3.95. The Labute approximate surface area is 140 Å². The summed E-state index contributed by atoms with van der Waals surface area (Å²) >= 11 is 0. The van der Waals surface area contributed by atoms with E-state index in [-0.39, 0.29) is 5.97 Å². The standard InChI is InChI=1S/C18H28N2O2Si/c1-12(2)23(13(3)4,14(5)6)20-9-8-15-10-16(18(21)22-7)11-19-17(15)20/h8-14H,1-7H3. The summed E-state index contributed by atoms with van der Waals surface area (Å²) in [5.41, 5.74) is 3.28. The lowest BCUT2D eigenvalue weighted by Crippen LogP contribution is -2.51. The van der Waals surface area contributed by atoms with Crippen LogP contribution < -0.4 is 0 Å². The first-order chi connectivity index (χ1) is 10.8.